The zero-order valence-electron chi connectivity index (χ0n) is 19.9. The zero-order chi connectivity index (χ0) is 25.1. The van der Waals surface area contributed by atoms with E-state index in [0.29, 0.717) is 11.9 Å². The van der Waals surface area contributed by atoms with E-state index in [4.69, 9.17) is 13.9 Å². The van der Waals surface area contributed by atoms with Crippen molar-refractivity contribution >= 4 is 27.8 Å². The normalized spacial score (nSPS) is 11.9. The Morgan fingerprint density at radius 3 is 2.37 bits per heavy atom. The molecule has 0 amide bonds. The van der Waals surface area contributed by atoms with Crippen LogP contribution in [0.1, 0.15) is 24.5 Å². The first-order valence-electron chi connectivity index (χ1n) is 11.3. The van der Waals surface area contributed by atoms with Crippen LogP contribution in [0.3, 0.4) is 0 Å². The molecule has 0 bridgehead atoms. The molecule has 35 heavy (non-hydrogen) atoms. The molecule has 5 aromatic rings. The Kier molecular flexibility index (Phi) is 7.25. The highest BCUT2D eigenvalue weighted by Crippen LogP contribution is 2.29. The lowest BCUT2D eigenvalue weighted by atomic mass is 9.96. The van der Waals surface area contributed by atoms with Gasteiger partial charge in [0.1, 0.15) is 5.65 Å². The third kappa shape index (κ3) is 4.95. The largest absolute Gasteiger partial charge is 0.760 e. The summed E-state index contributed by atoms with van der Waals surface area (Å²) in [5, 5.41) is 9.65. The van der Waals surface area contributed by atoms with Gasteiger partial charge >= 0.3 is 0 Å². The summed E-state index contributed by atoms with van der Waals surface area (Å²) in [6, 6.07) is 24.6. The lowest BCUT2D eigenvalue weighted by Crippen LogP contribution is -2.22. The van der Waals surface area contributed by atoms with Gasteiger partial charge in [-0.05, 0) is 54.7 Å². The maximum Gasteiger partial charge on any atom is 0.261 e. The summed E-state index contributed by atoms with van der Waals surface area (Å²) < 4.78 is 21.3. The molecule has 2 N–H and O–H groups in total. The molecule has 180 valence electrons. The molecule has 5 rings (SSSR count). The van der Waals surface area contributed by atoms with Gasteiger partial charge in [0.05, 0.1) is 16.6 Å². The summed E-state index contributed by atoms with van der Waals surface area (Å²) in [6.07, 6.45) is 0.882. The standard InChI is InChI=1S/C27H25N3O.H3NO2S/c1-4-15-29-26-17-24(20-10-6-5-7-11-20)28-30(26)25-16-21(13-14-23(25)27(29)31)22-12-8-9-18(2)19(22)3;1-4(2)3/h5-14,16-17H,4,15H2,1-3H3;1H2,(H,2,3)/p-1. The lowest BCUT2D eigenvalue weighted by Gasteiger charge is -2.13. The van der Waals surface area contributed by atoms with Crippen LogP contribution in [-0.4, -0.2) is 22.9 Å². The average molecular weight is 488 g/mol. The third-order valence-electron chi connectivity index (χ3n) is 6.10. The second kappa shape index (κ2) is 10.4. The van der Waals surface area contributed by atoms with Crippen LogP contribution >= 0.6 is 0 Å². The molecule has 2 aromatic heterocycles. The molecule has 1 atom stereocenters. The van der Waals surface area contributed by atoms with Crippen LogP contribution in [0, 0.1) is 13.8 Å². The fourth-order valence-electron chi connectivity index (χ4n) is 4.30. The number of nitrogens with two attached hydrogens (primary N) is 1. The maximum atomic E-state index is 13.4. The van der Waals surface area contributed by atoms with Crippen molar-refractivity contribution in [3.05, 3.63) is 94.3 Å². The average Bonchev–Trinajstić information content (AvgIpc) is 3.29. The minimum atomic E-state index is -2.36. The lowest BCUT2D eigenvalue weighted by molar-refractivity contribution is 0.539. The van der Waals surface area contributed by atoms with E-state index in [1.165, 1.54) is 16.7 Å². The van der Waals surface area contributed by atoms with Gasteiger partial charge in [-0.2, -0.15) is 5.10 Å². The highest BCUT2D eigenvalue weighted by atomic mass is 32.2. The number of benzene rings is 3. The Balaban J connectivity index is 0.000000672. The number of hydrogen-bond acceptors (Lipinski definition) is 4. The van der Waals surface area contributed by atoms with Crippen LogP contribution in [0.25, 0.3) is 38.9 Å². The van der Waals surface area contributed by atoms with Crippen LogP contribution in [0.5, 0.6) is 0 Å². The summed E-state index contributed by atoms with van der Waals surface area (Å²) >= 11 is -2.36. The molecule has 2 heterocycles. The molecule has 0 aliphatic heterocycles. The fourth-order valence-corrected chi connectivity index (χ4v) is 4.30. The van der Waals surface area contributed by atoms with Gasteiger partial charge in [0, 0.05) is 29.4 Å². The van der Waals surface area contributed by atoms with Gasteiger partial charge in [0.15, 0.2) is 0 Å². The third-order valence-corrected chi connectivity index (χ3v) is 6.10. The first-order chi connectivity index (χ1) is 16.8. The quantitative estimate of drug-likeness (QED) is 0.369. The van der Waals surface area contributed by atoms with Crippen LogP contribution in [-0.2, 0) is 17.8 Å². The number of fused-ring (bicyclic) bond motifs is 3. The van der Waals surface area contributed by atoms with E-state index in [1.807, 2.05) is 51.5 Å². The van der Waals surface area contributed by atoms with Gasteiger partial charge in [0.25, 0.3) is 5.56 Å². The molecular weight excluding hydrogens is 460 g/mol. The number of nitrogens with zero attached hydrogens (tertiary/aromatic N) is 3. The molecule has 0 saturated heterocycles. The van der Waals surface area contributed by atoms with E-state index < -0.39 is 11.3 Å². The molecule has 1 unspecified atom stereocenters. The monoisotopic (exact) mass is 487 g/mol. The van der Waals surface area contributed by atoms with E-state index in [1.54, 1.807) is 0 Å². The highest BCUT2D eigenvalue weighted by molar-refractivity contribution is 7.76. The van der Waals surface area contributed by atoms with Gasteiger partial charge < -0.3 is 4.55 Å². The van der Waals surface area contributed by atoms with Crippen LogP contribution < -0.4 is 10.7 Å². The van der Waals surface area contributed by atoms with Gasteiger partial charge in [-0.15, -0.1) is 0 Å². The minimum Gasteiger partial charge on any atom is -0.760 e. The van der Waals surface area contributed by atoms with Crippen molar-refractivity contribution in [3.63, 3.8) is 0 Å². The molecule has 0 aliphatic rings. The van der Waals surface area contributed by atoms with Crippen LogP contribution in [0.4, 0.5) is 0 Å². The Morgan fingerprint density at radius 2 is 1.69 bits per heavy atom. The summed E-state index contributed by atoms with van der Waals surface area (Å²) in [7, 11) is 0. The molecule has 0 radical (unpaired) electrons. The van der Waals surface area contributed by atoms with Crippen molar-refractivity contribution < 1.29 is 8.76 Å². The fraction of sp³-hybridized carbons (Fsp3) is 0.185. The number of aryl methyl sites for hydroxylation is 2. The molecule has 0 saturated carbocycles. The first-order valence-corrected chi connectivity index (χ1v) is 12.5. The Morgan fingerprint density at radius 1 is 0.971 bits per heavy atom. The molecule has 3 aromatic carbocycles. The van der Waals surface area contributed by atoms with Gasteiger partial charge in [0.2, 0.25) is 0 Å². The van der Waals surface area contributed by atoms with Crippen molar-refractivity contribution in [2.24, 2.45) is 5.14 Å². The summed E-state index contributed by atoms with van der Waals surface area (Å²) in [6.45, 7) is 7.02. The van der Waals surface area contributed by atoms with Crippen molar-refractivity contribution in [3.8, 4) is 22.4 Å². The zero-order valence-corrected chi connectivity index (χ0v) is 20.7. The van der Waals surface area contributed by atoms with Gasteiger partial charge in [-0.25, -0.2) is 4.52 Å². The molecule has 8 heteroatoms. The Labute approximate surface area is 206 Å². The Bertz CT molecular complexity index is 1590. The summed E-state index contributed by atoms with van der Waals surface area (Å²) in [5.41, 5.74) is 8.41. The topological polar surface area (TPSA) is 105 Å². The summed E-state index contributed by atoms with van der Waals surface area (Å²) in [4.78, 5) is 13.4. The first kappa shape index (κ1) is 24.5. The van der Waals surface area contributed by atoms with Crippen molar-refractivity contribution in [2.75, 3.05) is 0 Å². The number of hydrogen-bond donors (Lipinski definition) is 1. The van der Waals surface area contributed by atoms with E-state index in [0.717, 1.165) is 34.4 Å². The molecule has 0 fully saturated rings. The SMILES string of the molecule is CCCn1c(=O)c2ccc(-c3cccc(C)c3C)cc2n2nc(-c3ccccc3)cc12.NS(=O)[O-]. The minimum absolute atomic E-state index is 0.0383. The van der Waals surface area contributed by atoms with E-state index in [-0.39, 0.29) is 5.56 Å². The second-order valence-electron chi connectivity index (χ2n) is 8.36. The number of rotatable bonds is 4. The molecular formula is C27H27N4O3S-. The van der Waals surface area contributed by atoms with Gasteiger partial charge in [-0.1, -0.05) is 61.5 Å². The number of aromatic nitrogens is 3. The second-order valence-corrected chi connectivity index (χ2v) is 8.88. The van der Waals surface area contributed by atoms with Gasteiger partial charge in [-0.3, -0.25) is 18.7 Å². The van der Waals surface area contributed by atoms with E-state index in [9.17, 15) is 4.79 Å². The summed E-state index contributed by atoms with van der Waals surface area (Å²) in [5.74, 6) is 0. The van der Waals surface area contributed by atoms with Crippen LogP contribution in [0.15, 0.2) is 77.6 Å². The van der Waals surface area contributed by atoms with Crippen molar-refractivity contribution in [2.45, 2.75) is 33.7 Å². The van der Waals surface area contributed by atoms with E-state index >= 15 is 0 Å². The predicted molar refractivity (Wildman–Crippen MR) is 141 cm³/mol. The van der Waals surface area contributed by atoms with Crippen molar-refractivity contribution in [1.82, 2.24) is 14.2 Å². The van der Waals surface area contributed by atoms with Crippen LogP contribution in [0.2, 0.25) is 0 Å². The predicted octanol–water partition coefficient (Wildman–Crippen LogP) is 4.75. The highest BCUT2D eigenvalue weighted by Gasteiger charge is 2.16. The maximum absolute atomic E-state index is 13.4. The van der Waals surface area contributed by atoms with Crippen molar-refractivity contribution in [1.29, 1.82) is 0 Å². The van der Waals surface area contributed by atoms with E-state index in [2.05, 4.69) is 56.2 Å². The Hall–Kier alpha value is -3.59. The molecule has 7 nitrogen and oxygen atoms in total. The molecule has 0 aliphatic carbocycles. The smallest absolute Gasteiger partial charge is 0.261 e. The molecule has 0 spiro atoms.